The van der Waals surface area contributed by atoms with Gasteiger partial charge in [0.2, 0.25) is 0 Å². The maximum absolute atomic E-state index is 5.53. The van der Waals surface area contributed by atoms with E-state index in [-0.39, 0.29) is 0 Å². The highest BCUT2D eigenvalue weighted by Gasteiger charge is 2.17. The molecule has 5 rings (SSSR count). The van der Waals surface area contributed by atoms with Gasteiger partial charge in [-0.3, -0.25) is 0 Å². The fraction of sp³-hybridized carbons (Fsp3) is 0.292. The molecule has 2 heterocycles. The Kier molecular flexibility index (Phi) is 4.29. The number of hydrogen-bond acceptors (Lipinski definition) is 3. The number of rotatable bonds is 3. The summed E-state index contributed by atoms with van der Waals surface area (Å²) in [6.45, 7) is 8.59. The molecule has 0 spiro atoms. The van der Waals surface area contributed by atoms with Gasteiger partial charge in [-0.1, -0.05) is 42.5 Å². The SMILES string of the molecule is Cc1cc(N2CCOCC2)cc2c1nc(C)n2Cc1cccc2ccccc12. The fourth-order valence-electron chi connectivity index (χ4n) is 4.29. The van der Waals surface area contributed by atoms with E-state index in [2.05, 4.69) is 77.9 Å². The summed E-state index contributed by atoms with van der Waals surface area (Å²) in [7, 11) is 0. The number of morpholine rings is 1. The maximum atomic E-state index is 5.53. The molecule has 0 saturated carbocycles. The average molecular weight is 371 g/mol. The number of aromatic nitrogens is 2. The first-order chi connectivity index (χ1) is 13.7. The Balaban J connectivity index is 1.62. The Morgan fingerprint density at radius 2 is 1.75 bits per heavy atom. The number of aryl methyl sites for hydroxylation is 2. The zero-order valence-corrected chi connectivity index (χ0v) is 16.5. The van der Waals surface area contributed by atoms with Crippen molar-refractivity contribution in [1.29, 1.82) is 0 Å². The predicted octanol–water partition coefficient (Wildman–Crippen LogP) is 4.69. The molecule has 1 aliphatic rings. The van der Waals surface area contributed by atoms with Gasteiger partial charge in [0.05, 0.1) is 24.2 Å². The second kappa shape index (κ2) is 6.95. The molecule has 1 saturated heterocycles. The molecule has 0 unspecified atom stereocenters. The van der Waals surface area contributed by atoms with Crippen LogP contribution in [0.1, 0.15) is 17.0 Å². The van der Waals surface area contributed by atoms with Crippen LogP contribution in [0.2, 0.25) is 0 Å². The monoisotopic (exact) mass is 371 g/mol. The molecule has 142 valence electrons. The molecule has 4 nitrogen and oxygen atoms in total. The van der Waals surface area contributed by atoms with Crippen LogP contribution in [0, 0.1) is 13.8 Å². The number of imidazole rings is 1. The van der Waals surface area contributed by atoms with Crippen LogP contribution >= 0.6 is 0 Å². The summed E-state index contributed by atoms with van der Waals surface area (Å²) in [5.74, 6) is 1.06. The van der Waals surface area contributed by atoms with Crippen molar-refractivity contribution in [2.75, 3.05) is 31.2 Å². The summed E-state index contributed by atoms with van der Waals surface area (Å²) in [4.78, 5) is 7.31. The van der Waals surface area contributed by atoms with Gasteiger partial charge in [-0.2, -0.15) is 0 Å². The van der Waals surface area contributed by atoms with E-state index in [0.29, 0.717) is 0 Å². The highest BCUT2D eigenvalue weighted by Crippen LogP contribution is 2.29. The normalized spacial score (nSPS) is 14.9. The van der Waals surface area contributed by atoms with Crippen molar-refractivity contribution in [3.63, 3.8) is 0 Å². The molecule has 4 heteroatoms. The summed E-state index contributed by atoms with van der Waals surface area (Å²) in [6, 6.07) is 19.7. The molecule has 4 aromatic rings. The van der Waals surface area contributed by atoms with Crippen LogP contribution in [-0.2, 0) is 11.3 Å². The minimum atomic E-state index is 0.797. The largest absolute Gasteiger partial charge is 0.378 e. The van der Waals surface area contributed by atoms with E-state index in [1.165, 1.54) is 33.1 Å². The van der Waals surface area contributed by atoms with Crippen molar-refractivity contribution in [2.45, 2.75) is 20.4 Å². The Hall–Kier alpha value is -2.85. The van der Waals surface area contributed by atoms with Crippen LogP contribution in [0.4, 0.5) is 5.69 Å². The maximum Gasteiger partial charge on any atom is 0.107 e. The molecule has 0 bridgehead atoms. The van der Waals surface area contributed by atoms with Gasteiger partial charge < -0.3 is 14.2 Å². The second-order valence-electron chi connectivity index (χ2n) is 7.61. The second-order valence-corrected chi connectivity index (χ2v) is 7.61. The third-order valence-electron chi connectivity index (χ3n) is 5.80. The lowest BCUT2D eigenvalue weighted by Gasteiger charge is -2.29. The number of fused-ring (bicyclic) bond motifs is 2. The molecule has 1 fully saturated rings. The first-order valence-electron chi connectivity index (χ1n) is 9.97. The molecule has 0 atom stereocenters. The number of ether oxygens (including phenoxy) is 1. The molecule has 0 N–H and O–H groups in total. The van der Waals surface area contributed by atoms with Gasteiger partial charge in [-0.15, -0.1) is 0 Å². The van der Waals surface area contributed by atoms with Gasteiger partial charge in [-0.05, 0) is 47.9 Å². The van der Waals surface area contributed by atoms with Crippen LogP contribution in [0.5, 0.6) is 0 Å². The Bertz CT molecular complexity index is 1150. The van der Waals surface area contributed by atoms with E-state index in [4.69, 9.17) is 9.72 Å². The summed E-state index contributed by atoms with van der Waals surface area (Å²) < 4.78 is 7.88. The lowest BCUT2D eigenvalue weighted by atomic mass is 10.0. The first-order valence-corrected chi connectivity index (χ1v) is 9.97. The van der Waals surface area contributed by atoms with Crippen LogP contribution < -0.4 is 4.90 Å². The van der Waals surface area contributed by atoms with Crippen molar-refractivity contribution in [2.24, 2.45) is 0 Å². The molecule has 1 aromatic heterocycles. The van der Waals surface area contributed by atoms with Crippen molar-refractivity contribution in [3.05, 3.63) is 71.5 Å². The van der Waals surface area contributed by atoms with E-state index in [1.807, 2.05) is 0 Å². The summed E-state index contributed by atoms with van der Waals surface area (Å²) in [6.07, 6.45) is 0. The minimum Gasteiger partial charge on any atom is -0.378 e. The molecule has 0 radical (unpaired) electrons. The fourth-order valence-corrected chi connectivity index (χ4v) is 4.29. The quantitative estimate of drug-likeness (QED) is 0.523. The highest BCUT2D eigenvalue weighted by molar-refractivity contribution is 5.87. The third-order valence-corrected chi connectivity index (χ3v) is 5.80. The lowest BCUT2D eigenvalue weighted by Crippen LogP contribution is -2.36. The van der Waals surface area contributed by atoms with E-state index >= 15 is 0 Å². The van der Waals surface area contributed by atoms with Gasteiger partial charge in [0.15, 0.2) is 0 Å². The summed E-state index contributed by atoms with van der Waals surface area (Å²) >= 11 is 0. The van der Waals surface area contributed by atoms with Gasteiger partial charge in [0.25, 0.3) is 0 Å². The predicted molar refractivity (Wildman–Crippen MR) is 115 cm³/mol. The Morgan fingerprint density at radius 1 is 0.964 bits per heavy atom. The van der Waals surface area contributed by atoms with Crippen LogP contribution in [0.3, 0.4) is 0 Å². The standard InChI is InChI=1S/C24H25N3O/c1-17-14-21(26-10-12-28-13-11-26)15-23-24(17)25-18(2)27(23)16-20-8-5-7-19-6-3-4-9-22(19)20/h3-9,14-15H,10-13,16H2,1-2H3. The van der Waals surface area contributed by atoms with Crippen molar-refractivity contribution >= 4 is 27.5 Å². The van der Waals surface area contributed by atoms with E-state index < -0.39 is 0 Å². The molecular weight excluding hydrogens is 346 g/mol. The molecule has 1 aliphatic heterocycles. The highest BCUT2D eigenvalue weighted by atomic mass is 16.5. The van der Waals surface area contributed by atoms with Gasteiger partial charge in [0.1, 0.15) is 5.82 Å². The van der Waals surface area contributed by atoms with Crippen molar-refractivity contribution in [3.8, 4) is 0 Å². The van der Waals surface area contributed by atoms with Gasteiger partial charge >= 0.3 is 0 Å². The number of nitrogens with zero attached hydrogens (tertiary/aromatic N) is 3. The van der Waals surface area contributed by atoms with Crippen LogP contribution in [0.25, 0.3) is 21.8 Å². The average Bonchev–Trinajstić information content (AvgIpc) is 3.05. The molecular formula is C24H25N3O. The third kappa shape index (κ3) is 2.94. The molecule has 0 amide bonds. The summed E-state index contributed by atoms with van der Waals surface area (Å²) in [5, 5.41) is 2.60. The van der Waals surface area contributed by atoms with Gasteiger partial charge in [0, 0.05) is 25.3 Å². The minimum absolute atomic E-state index is 0.797. The number of benzene rings is 3. The van der Waals surface area contributed by atoms with E-state index in [0.717, 1.165) is 44.2 Å². The molecule has 0 aliphatic carbocycles. The van der Waals surface area contributed by atoms with Crippen molar-refractivity contribution in [1.82, 2.24) is 9.55 Å². The first kappa shape index (κ1) is 17.3. The van der Waals surface area contributed by atoms with Crippen LogP contribution in [-0.4, -0.2) is 35.9 Å². The molecule has 3 aromatic carbocycles. The van der Waals surface area contributed by atoms with Crippen molar-refractivity contribution < 1.29 is 4.74 Å². The van der Waals surface area contributed by atoms with Crippen LogP contribution in [0.15, 0.2) is 54.6 Å². The Labute approximate surface area is 165 Å². The van der Waals surface area contributed by atoms with E-state index in [9.17, 15) is 0 Å². The summed E-state index contributed by atoms with van der Waals surface area (Å²) in [5.41, 5.74) is 6.16. The molecule has 28 heavy (non-hydrogen) atoms. The smallest absolute Gasteiger partial charge is 0.107 e. The lowest BCUT2D eigenvalue weighted by molar-refractivity contribution is 0.122. The zero-order chi connectivity index (χ0) is 19.1. The zero-order valence-electron chi connectivity index (χ0n) is 16.5. The Morgan fingerprint density at radius 3 is 2.61 bits per heavy atom. The number of anilines is 1. The van der Waals surface area contributed by atoms with Gasteiger partial charge in [-0.25, -0.2) is 4.98 Å². The topological polar surface area (TPSA) is 30.3 Å². The number of hydrogen-bond donors (Lipinski definition) is 0. The van der Waals surface area contributed by atoms with E-state index in [1.54, 1.807) is 0 Å².